The van der Waals surface area contributed by atoms with Crippen LogP contribution in [0.15, 0.2) is 29.6 Å². The van der Waals surface area contributed by atoms with Crippen LogP contribution in [0.2, 0.25) is 0 Å². The lowest BCUT2D eigenvalue weighted by Crippen LogP contribution is -2.00. The van der Waals surface area contributed by atoms with E-state index in [0.29, 0.717) is 22.8 Å². The average molecular weight is 280 g/mol. The minimum atomic E-state index is -0.765. The minimum Gasteiger partial charge on any atom is -0.497 e. The predicted octanol–water partition coefficient (Wildman–Crippen LogP) is 2.86. The third-order valence-electron chi connectivity index (χ3n) is 2.82. The van der Waals surface area contributed by atoms with E-state index in [2.05, 4.69) is 0 Å². The van der Waals surface area contributed by atoms with Gasteiger partial charge in [-0.25, -0.2) is 0 Å². The van der Waals surface area contributed by atoms with Gasteiger partial charge in [0, 0.05) is 6.07 Å². The van der Waals surface area contributed by atoms with Gasteiger partial charge in [-0.3, -0.25) is 0 Å². The van der Waals surface area contributed by atoms with Crippen LogP contribution in [0.1, 0.15) is 16.5 Å². The molecule has 2 aromatic rings. The molecule has 0 bridgehead atoms. The number of aliphatic hydroxyl groups excluding tert-OH is 1. The molecule has 1 aromatic carbocycles. The number of aliphatic hydroxyl groups is 1. The molecule has 0 saturated carbocycles. The fourth-order valence-electron chi connectivity index (χ4n) is 1.82. The second kappa shape index (κ2) is 5.95. The molecule has 4 nitrogen and oxygen atoms in total. The molecule has 1 atom stereocenters. The van der Waals surface area contributed by atoms with Gasteiger partial charge in [0.2, 0.25) is 0 Å². The summed E-state index contributed by atoms with van der Waals surface area (Å²) in [6, 6.07) is 7.17. The van der Waals surface area contributed by atoms with Crippen LogP contribution in [0.25, 0.3) is 0 Å². The van der Waals surface area contributed by atoms with Gasteiger partial charge in [-0.05, 0) is 29.1 Å². The number of hydrogen-bond acceptors (Lipinski definition) is 5. The van der Waals surface area contributed by atoms with Crippen molar-refractivity contribution < 1.29 is 19.3 Å². The van der Waals surface area contributed by atoms with Gasteiger partial charge in [-0.2, -0.15) is 0 Å². The van der Waals surface area contributed by atoms with Crippen LogP contribution >= 0.6 is 11.3 Å². The maximum absolute atomic E-state index is 10.5. The highest BCUT2D eigenvalue weighted by Gasteiger charge is 2.18. The second-order valence-corrected chi connectivity index (χ2v) is 4.85. The summed E-state index contributed by atoms with van der Waals surface area (Å²) in [4.78, 5) is 0.762. The standard InChI is InChI=1S/C14H16O4S/c1-16-10-6-9(7-11(8-10)17-2)13(15)14-12(18-3)4-5-19-14/h4-8,13,15H,1-3H3. The molecule has 1 heterocycles. The molecule has 2 rings (SSSR count). The van der Waals surface area contributed by atoms with E-state index >= 15 is 0 Å². The van der Waals surface area contributed by atoms with E-state index in [9.17, 15) is 5.11 Å². The fraction of sp³-hybridized carbons (Fsp3) is 0.286. The molecule has 0 aliphatic carbocycles. The van der Waals surface area contributed by atoms with Crippen LogP contribution in [0.5, 0.6) is 17.2 Å². The number of rotatable bonds is 5. The molecule has 102 valence electrons. The van der Waals surface area contributed by atoms with Crippen molar-refractivity contribution >= 4 is 11.3 Å². The summed E-state index contributed by atoms with van der Waals surface area (Å²) < 4.78 is 15.6. The molecule has 1 unspecified atom stereocenters. The summed E-state index contributed by atoms with van der Waals surface area (Å²) in [5.41, 5.74) is 0.706. The highest BCUT2D eigenvalue weighted by molar-refractivity contribution is 7.10. The molecule has 5 heteroatoms. The smallest absolute Gasteiger partial charge is 0.135 e. The third-order valence-corrected chi connectivity index (χ3v) is 3.77. The van der Waals surface area contributed by atoms with Crippen LogP contribution in [0.4, 0.5) is 0 Å². The zero-order valence-electron chi connectivity index (χ0n) is 11.0. The lowest BCUT2D eigenvalue weighted by molar-refractivity contribution is 0.218. The van der Waals surface area contributed by atoms with E-state index in [0.717, 1.165) is 4.88 Å². The quantitative estimate of drug-likeness (QED) is 0.915. The van der Waals surface area contributed by atoms with Crippen molar-refractivity contribution in [2.75, 3.05) is 21.3 Å². The lowest BCUT2D eigenvalue weighted by Gasteiger charge is -2.14. The van der Waals surface area contributed by atoms with Crippen molar-refractivity contribution in [1.29, 1.82) is 0 Å². The van der Waals surface area contributed by atoms with Gasteiger partial charge in [-0.15, -0.1) is 11.3 Å². The highest BCUT2D eigenvalue weighted by Crippen LogP contribution is 2.37. The van der Waals surface area contributed by atoms with Crippen molar-refractivity contribution in [2.24, 2.45) is 0 Å². The van der Waals surface area contributed by atoms with Crippen molar-refractivity contribution in [1.82, 2.24) is 0 Å². The normalized spacial score (nSPS) is 12.0. The fourth-order valence-corrected chi connectivity index (χ4v) is 2.69. The van der Waals surface area contributed by atoms with Crippen molar-refractivity contribution in [3.8, 4) is 17.2 Å². The van der Waals surface area contributed by atoms with E-state index in [1.54, 1.807) is 39.5 Å². The van der Waals surface area contributed by atoms with Crippen LogP contribution in [-0.4, -0.2) is 26.4 Å². The monoisotopic (exact) mass is 280 g/mol. The molecule has 1 N–H and O–H groups in total. The zero-order chi connectivity index (χ0) is 13.8. The Kier molecular flexibility index (Phi) is 4.29. The number of hydrogen-bond donors (Lipinski definition) is 1. The molecule has 0 amide bonds. The maximum atomic E-state index is 10.5. The van der Waals surface area contributed by atoms with E-state index in [-0.39, 0.29) is 0 Å². The molecular formula is C14H16O4S. The summed E-state index contributed by atoms with van der Waals surface area (Å²) in [6.45, 7) is 0. The first-order valence-electron chi connectivity index (χ1n) is 5.72. The Labute approximate surface area is 116 Å². The van der Waals surface area contributed by atoms with Gasteiger partial charge in [0.15, 0.2) is 0 Å². The van der Waals surface area contributed by atoms with E-state index in [1.165, 1.54) is 11.3 Å². The molecule has 0 saturated heterocycles. The van der Waals surface area contributed by atoms with E-state index in [1.807, 2.05) is 11.4 Å². The molecule has 0 fully saturated rings. The van der Waals surface area contributed by atoms with Gasteiger partial charge >= 0.3 is 0 Å². The van der Waals surface area contributed by atoms with Gasteiger partial charge in [0.1, 0.15) is 23.4 Å². The largest absolute Gasteiger partial charge is 0.497 e. The highest BCUT2D eigenvalue weighted by atomic mass is 32.1. The first-order chi connectivity index (χ1) is 9.19. The Bertz CT molecular complexity index is 528. The Hall–Kier alpha value is -1.72. The lowest BCUT2D eigenvalue weighted by atomic mass is 10.1. The summed E-state index contributed by atoms with van der Waals surface area (Å²) in [5, 5.41) is 12.3. The molecule has 19 heavy (non-hydrogen) atoms. The van der Waals surface area contributed by atoms with E-state index < -0.39 is 6.10 Å². The molecule has 1 aromatic heterocycles. The van der Waals surface area contributed by atoms with Crippen LogP contribution in [-0.2, 0) is 0 Å². The Balaban J connectivity index is 2.40. The summed E-state index contributed by atoms with van der Waals surface area (Å²) in [7, 11) is 4.75. The van der Waals surface area contributed by atoms with Gasteiger partial charge in [0.25, 0.3) is 0 Å². The van der Waals surface area contributed by atoms with Gasteiger partial charge in [0.05, 0.1) is 26.2 Å². The van der Waals surface area contributed by atoms with Crippen molar-refractivity contribution in [3.63, 3.8) is 0 Å². The first kappa shape index (κ1) is 13.7. The van der Waals surface area contributed by atoms with Gasteiger partial charge in [-0.1, -0.05) is 0 Å². The molecule has 0 spiro atoms. The van der Waals surface area contributed by atoms with Crippen LogP contribution in [0.3, 0.4) is 0 Å². The summed E-state index contributed by atoms with van der Waals surface area (Å²) >= 11 is 1.45. The van der Waals surface area contributed by atoms with Crippen molar-refractivity contribution in [3.05, 3.63) is 40.1 Å². The van der Waals surface area contributed by atoms with Gasteiger partial charge < -0.3 is 19.3 Å². The molecule has 0 aliphatic rings. The number of benzene rings is 1. The van der Waals surface area contributed by atoms with E-state index in [4.69, 9.17) is 14.2 Å². The maximum Gasteiger partial charge on any atom is 0.135 e. The number of thiophene rings is 1. The molecule has 0 radical (unpaired) electrons. The zero-order valence-corrected chi connectivity index (χ0v) is 11.9. The Morgan fingerprint density at radius 2 is 1.63 bits per heavy atom. The minimum absolute atomic E-state index is 0.643. The van der Waals surface area contributed by atoms with Crippen LogP contribution < -0.4 is 14.2 Å². The SMILES string of the molecule is COc1cc(OC)cc(C(O)c2sccc2OC)c1. The number of methoxy groups -OCH3 is 3. The van der Waals surface area contributed by atoms with Crippen molar-refractivity contribution in [2.45, 2.75) is 6.10 Å². The van der Waals surface area contributed by atoms with Crippen LogP contribution in [0, 0.1) is 0 Å². The first-order valence-corrected chi connectivity index (χ1v) is 6.60. The third kappa shape index (κ3) is 2.83. The summed E-state index contributed by atoms with van der Waals surface area (Å²) in [5.74, 6) is 1.96. The molecular weight excluding hydrogens is 264 g/mol. The second-order valence-electron chi connectivity index (χ2n) is 3.90. The topological polar surface area (TPSA) is 47.9 Å². The Morgan fingerprint density at radius 1 is 1.00 bits per heavy atom. The summed E-state index contributed by atoms with van der Waals surface area (Å²) in [6.07, 6.45) is -0.765. The Morgan fingerprint density at radius 3 is 2.16 bits per heavy atom. The predicted molar refractivity (Wildman–Crippen MR) is 74.5 cm³/mol. The molecule has 0 aliphatic heterocycles. The number of ether oxygens (including phenoxy) is 3. The average Bonchev–Trinajstić information content (AvgIpc) is 2.94.